The second-order valence-corrected chi connectivity index (χ2v) is 7.72. The molecule has 0 spiro atoms. The number of fused-ring (bicyclic) bond motifs is 1. The average Bonchev–Trinajstić information content (AvgIpc) is 3.15. The molecule has 1 N–H and O–H groups in total. The molecule has 0 radical (unpaired) electrons. The highest BCUT2D eigenvalue weighted by Crippen LogP contribution is 2.28. The Hall–Kier alpha value is -2.98. The van der Waals surface area contributed by atoms with Crippen LogP contribution in [-0.4, -0.2) is 45.7 Å². The number of carbonyl (C=O) groups is 1. The molecule has 0 saturated carbocycles. The van der Waals surface area contributed by atoms with Crippen LogP contribution in [0.1, 0.15) is 18.4 Å². The maximum atomic E-state index is 12.7. The molecular formula is C21H20N4O2S. The van der Waals surface area contributed by atoms with Crippen molar-refractivity contribution in [1.82, 2.24) is 14.9 Å². The monoisotopic (exact) mass is 392 g/mol. The molecule has 1 amide bonds. The fourth-order valence-corrected chi connectivity index (χ4v) is 4.31. The molecule has 0 bridgehead atoms. The van der Waals surface area contributed by atoms with Crippen LogP contribution in [0.15, 0.2) is 53.7 Å². The first-order valence-corrected chi connectivity index (χ1v) is 10.2. The summed E-state index contributed by atoms with van der Waals surface area (Å²) in [5.41, 5.74) is 1.60. The highest BCUT2D eigenvalue weighted by molar-refractivity contribution is 8.00. The fraction of sp³-hybridized carbons (Fsp3) is 0.286. The maximum absolute atomic E-state index is 12.7. The van der Waals surface area contributed by atoms with Crippen LogP contribution < -0.4 is 4.74 Å². The van der Waals surface area contributed by atoms with Crippen LogP contribution in [0.2, 0.25) is 0 Å². The normalized spacial score (nSPS) is 16.7. The quantitative estimate of drug-likeness (QED) is 0.671. The fourth-order valence-electron chi connectivity index (χ4n) is 3.37. The number of likely N-dealkylation sites (tertiary alicyclic amines) is 1. The molecule has 6 nitrogen and oxygen atoms in total. The largest absolute Gasteiger partial charge is 0.472 e. The Morgan fingerprint density at radius 2 is 2.29 bits per heavy atom. The maximum Gasteiger partial charge on any atom is 0.233 e. The first kappa shape index (κ1) is 18.4. The highest BCUT2D eigenvalue weighted by Gasteiger charge is 2.25. The molecule has 1 aliphatic rings. The van der Waals surface area contributed by atoms with E-state index in [9.17, 15) is 4.79 Å². The smallest absolute Gasteiger partial charge is 0.233 e. The van der Waals surface area contributed by atoms with Crippen molar-refractivity contribution in [3.05, 3.63) is 54.4 Å². The summed E-state index contributed by atoms with van der Waals surface area (Å²) in [7, 11) is 0. The Balaban J connectivity index is 1.34. The molecule has 3 aromatic rings. The number of nitrogens with one attached hydrogen (secondary N) is 1. The number of H-pyrrole nitrogens is 1. The molecule has 4 rings (SSSR count). The van der Waals surface area contributed by atoms with Crippen molar-refractivity contribution >= 4 is 28.6 Å². The number of amides is 1. The molecule has 0 unspecified atom stereocenters. The lowest BCUT2D eigenvalue weighted by Gasteiger charge is -2.32. The summed E-state index contributed by atoms with van der Waals surface area (Å²) in [6.07, 6.45) is 5.19. The molecule has 3 heterocycles. The Bertz CT molecular complexity index is 1030. The van der Waals surface area contributed by atoms with Gasteiger partial charge in [-0.3, -0.25) is 4.79 Å². The van der Waals surface area contributed by atoms with Crippen molar-refractivity contribution in [3.63, 3.8) is 0 Å². The number of rotatable bonds is 5. The summed E-state index contributed by atoms with van der Waals surface area (Å²) in [6, 6.07) is 13.5. The zero-order valence-corrected chi connectivity index (χ0v) is 16.1. The second kappa shape index (κ2) is 8.36. The standard InChI is InChI=1S/C21H20N4O2S/c22-11-15-7-8-23-20(10-15)27-16-4-3-9-25(13-16)21(26)14-28-19-12-24-18-6-2-1-5-17(18)19/h1-2,5-8,10,12,16,24H,3-4,9,13-14H2/t16-/m0/s1. The van der Waals surface area contributed by atoms with Gasteiger partial charge in [0.2, 0.25) is 11.8 Å². The number of hydrogen-bond acceptors (Lipinski definition) is 5. The van der Waals surface area contributed by atoms with Gasteiger partial charge in [-0.1, -0.05) is 18.2 Å². The summed E-state index contributed by atoms with van der Waals surface area (Å²) in [5.74, 6) is 0.949. The van der Waals surface area contributed by atoms with E-state index < -0.39 is 0 Å². The van der Waals surface area contributed by atoms with Crippen molar-refractivity contribution in [2.75, 3.05) is 18.8 Å². The molecule has 0 aliphatic carbocycles. The van der Waals surface area contributed by atoms with Crippen molar-refractivity contribution < 1.29 is 9.53 Å². The number of nitriles is 1. The van der Waals surface area contributed by atoms with Crippen LogP contribution in [0.25, 0.3) is 10.9 Å². The first-order chi connectivity index (χ1) is 13.7. The summed E-state index contributed by atoms with van der Waals surface area (Å²) in [4.78, 5) is 23.1. The lowest BCUT2D eigenvalue weighted by Crippen LogP contribution is -2.45. The second-order valence-electron chi connectivity index (χ2n) is 6.70. The molecule has 28 heavy (non-hydrogen) atoms. The van der Waals surface area contributed by atoms with Crippen molar-refractivity contribution in [2.24, 2.45) is 0 Å². The van der Waals surface area contributed by atoms with Gasteiger partial charge < -0.3 is 14.6 Å². The van der Waals surface area contributed by atoms with Crippen LogP contribution in [0.4, 0.5) is 0 Å². The van der Waals surface area contributed by atoms with Crippen LogP contribution >= 0.6 is 11.8 Å². The van der Waals surface area contributed by atoms with Gasteiger partial charge in [0.05, 0.1) is 23.9 Å². The van der Waals surface area contributed by atoms with Gasteiger partial charge in [-0.25, -0.2) is 4.98 Å². The van der Waals surface area contributed by atoms with Gasteiger partial charge in [-0.2, -0.15) is 5.26 Å². The molecule has 1 aromatic carbocycles. The number of thioether (sulfide) groups is 1. The third-order valence-corrected chi connectivity index (χ3v) is 5.82. The minimum absolute atomic E-state index is 0.0998. The van der Waals surface area contributed by atoms with Crippen LogP contribution in [0.5, 0.6) is 5.88 Å². The van der Waals surface area contributed by atoms with E-state index in [-0.39, 0.29) is 12.0 Å². The van der Waals surface area contributed by atoms with Gasteiger partial charge in [0, 0.05) is 40.8 Å². The predicted octanol–water partition coefficient (Wildman–Crippen LogP) is 3.60. The van der Waals surface area contributed by atoms with Gasteiger partial charge in [0.1, 0.15) is 6.10 Å². The number of carbonyl (C=O) groups excluding carboxylic acids is 1. The van der Waals surface area contributed by atoms with Gasteiger partial charge in [0.15, 0.2) is 0 Å². The minimum atomic E-state index is -0.0998. The van der Waals surface area contributed by atoms with Crippen molar-refractivity contribution in [1.29, 1.82) is 5.26 Å². The van der Waals surface area contributed by atoms with E-state index in [2.05, 4.69) is 22.1 Å². The van der Waals surface area contributed by atoms with Crippen molar-refractivity contribution in [3.8, 4) is 11.9 Å². The van der Waals surface area contributed by atoms with Crippen LogP contribution in [-0.2, 0) is 4.79 Å². The Kier molecular flexibility index (Phi) is 5.49. The Morgan fingerprint density at radius 3 is 3.18 bits per heavy atom. The summed E-state index contributed by atoms with van der Waals surface area (Å²) < 4.78 is 5.92. The number of nitrogens with zero attached hydrogens (tertiary/aromatic N) is 3. The molecule has 1 aliphatic heterocycles. The molecule has 1 atom stereocenters. The number of aromatic nitrogens is 2. The molecular weight excluding hydrogens is 372 g/mol. The Labute approximate surface area is 167 Å². The van der Waals surface area contributed by atoms with E-state index in [4.69, 9.17) is 10.00 Å². The first-order valence-electron chi connectivity index (χ1n) is 9.22. The number of pyridine rings is 1. The summed E-state index contributed by atoms with van der Waals surface area (Å²) in [6.45, 7) is 1.30. The van der Waals surface area contributed by atoms with Crippen LogP contribution in [0.3, 0.4) is 0 Å². The number of ether oxygens (including phenoxy) is 1. The van der Waals surface area contributed by atoms with Gasteiger partial charge in [-0.05, 0) is 25.0 Å². The number of benzene rings is 1. The third kappa shape index (κ3) is 4.12. The lowest BCUT2D eigenvalue weighted by molar-refractivity contribution is -0.130. The van der Waals surface area contributed by atoms with Gasteiger partial charge >= 0.3 is 0 Å². The number of para-hydroxylation sites is 1. The van der Waals surface area contributed by atoms with E-state index >= 15 is 0 Å². The number of aromatic amines is 1. The Morgan fingerprint density at radius 1 is 1.39 bits per heavy atom. The van der Waals surface area contributed by atoms with E-state index in [0.29, 0.717) is 23.7 Å². The zero-order valence-electron chi connectivity index (χ0n) is 15.3. The molecule has 1 fully saturated rings. The molecule has 142 valence electrons. The summed E-state index contributed by atoms with van der Waals surface area (Å²) in [5, 5.41) is 10.1. The SMILES string of the molecule is N#Cc1ccnc(O[C@H]2CCCN(C(=O)CSc3c[nH]c4ccccc34)C2)c1. The average molecular weight is 392 g/mol. The van der Waals surface area contributed by atoms with Gasteiger partial charge in [-0.15, -0.1) is 11.8 Å². The number of hydrogen-bond donors (Lipinski definition) is 1. The molecule has 2 aromatic heterocycles. The lowest BCUT2D eigenvalue weighted by atomic mass is 10.1. The molecule has 7 heteroatoms. The third-order valence-electron chi connectivity index (χ3n) is 4.78. The highest BCUT2D eigenvalue weighted by atomic mass is 32.2. The number of piperidine rings is 1. The summed E-state index contributed by atoms with van der Waals surface area (Å²) >= 11 is 1.56. The van der Waals surface area contributed by atoms with E-state index in [1.165, 1.54) is 0 Å². The van der Waals surface area contributed by atoms with E-state index in [1.807, 2.05) is 29.3 Å². The van der Waals surface area contributed by atoms with E-state index in [0.717, 1.165) is 35.2 Å². The zero-order chi connectivity index (χ0) is 19.3. The van der Waals surface area contributed by atoms with Gasteiger partial charge in [0.25, 0.3) is 0 Å². The minimum Gasteiger partial charge on any atom is -0.472 e. The van der Waals surface area contributed by atoms with Crippen LogP contribution in [0, 0.1) is 11.3 Å². The van der Waals surface area contributed by atoms with Crippen molar-refractivity contribution in [2.45, 2.75) is 23.8 Å². The molecule has 1 saturated heterocycles. The predicted molar refractivity (Wildman–Crippen MR) is 108 cm³/mol. The van der Waals surface area contributed by atoms with E-state index in [1.54, 1.807) is 30.1 Å². The topological polar surface area (TPSA) is 82.0 Å².